The molecule has 0 fully saturated rings. The summed E-state index contributed by atoms with van der Waals surface area (Å²) >= 11 is 0. The van der Waals surface area contributed by atoms with E-state index in [9.17, 15) is 14.4 Å². The summed E-state index contributed by atoms with van der Waals surface area (Å²) in [5, 5.41) is 3.54. The third kappa shape index (κ3) is 6.32. The number of nitrogens with one attached hydrogen (secondary N) is 1. The topological polar surface area (TPSA) is 110 Å². The maximum absolute atomic E-state index is 13.6. The summed E-state index contributed by atoms with van der Waals surface area (Å²) in [6.45, 7) is 12.4. The Bertz CT molecular complexity index is 1740. The van der Waals surface area contributed by atoms with Crippen LogP contribution < -0.4 is 15.8 Å². The number of ether oxygens (including phenoxy) is 1. The van der Waals surface area contributed by atoms with Crippen molar-refractivity contribution in [3.05, 3.63) is 87.8 Å². The number of hydrogen-bond acceptors (Lipinski definition) is 7. The molecular weight excluding hydrogens is 558 g/mol. The molecule has 5 rings (SSSR count). The number of nitrogens with zero attached hydrogens (tertiary/aromatic N) is 4. The molecule has 3 aromatic heterocycles. The van der Waals surface area contributed by atoms with Gasteiger partial charge in [0.15, 0.2) is 0 Å². The molecule has 0 bridgehead atoms. The maximum Gasteiger partial charge on any atom is 0.261 e. The van der Waals surface area contributed by atoms with Crippen molar-refractivity contribution in [2.45, 2.75) is 60.9 Å². The number of amides is 2. The standard InChI is InChI=1S/C34H41N5O5/c1-22(2)17-39-29-16-24(9-10-27(29)36-32(41)34(4,5)33(39)42)19-37(20-25-8-7-12-35-28(25)21-43-6)13-14-38-18-23(3)30-26(31(38)40)11-15-44-30/h7-12,15-16,18,22H,13-14,17,19-21H2,1-6H3,(H,36,41). The Balaban J connectivity index is 1.49. The van der Waals surface area contributed by atoms with E-state index in [1.165, 1.54) is 0 Å². The number of carbonyl (C=O) groups is 2. The third-order valence-electron chi connectivity index (χ3n) is 8.08. The van der Waals surface area contributed by atoms with E-state index in [1.54, 1.807) is 49.0 Å². The van der Waals surface area contributed by atoms with Crippen LogP contribution in [0.4, 0.5) is 11.4 Å². The first-order valence-electron chi connectivity index (χ1n) is 15.0. The van der Waals surface area contributed by atoms with Gasteiger partial charge in [-0.25, -0.2) is 0 Å². The number of aryl methyl sites for hydroxylation is 1. The molecule has 1 aromatic carbocycles. The zero-order valence-electron chi connectivity index (χ0n) is 26.3. The van der Waals surface area contributed by atoms with Crippen molar-refractivity contribution >= 4 is 34.2 Å². The molecule has 1 aliphatic heterocycles. The lowest BCUT2D eigenvalue weighted by Crippen LogP contribution is -2.46. The summed E-state index contributed by atoms with van der Waals surface area (Å²) in [7, 11) is 1.65. The Morgan fingerprint density at radius 3 is 2.66 bits per heavy atom. The van der Waals surface area contributed by atoms with Gasteiger partial charge < -0.3 is 23.9 Å². The summed E-state index contributed by atoms with van der Waals surface area (Å²) in [5.41, 5.74) is 4.40. The number of pyridine rings is 2. The van der Waals surface area contributed by atoms with Gasteiger partial charge in [0.1, 0.15) is 11.0 Å². The van der Waals surface area contributed by atoms with Crippen LogP contribution in [0.3, 0.4) is 0 Å². The van der Waals surface area contributed by atoms with Gasteiger partial charge in [0.25, 0.3) is 5.56 Å². The van der Waals surface area contributed by atoms with Gasteiger partial charge in [-0.05, 0) is 62.1 Å². The summed E-state index contributed by atoms with van der Waals surface area (Å²) in [5.74, 6) is -0.336. The van der Waals surface area contributed by atoms with E-state index in [0.29, 0.717) is 61.7 Å². The van der Waals surface area contributed by atoms with E-state index < -0.39 is 5.41 Å². The van der Waals surface area contributed by atoms with Crippen molar-refractivity contribution in [1.82, 2.24) is 14.5 Å². The number of hydrogen-bond donors (Lipinski definition) is 1. The van der Waals surface area contributed by atoms with Crippen LogP contribution in [0.1, 0.15) is 50.1 Å². The minimum atomic E-state index is -1.19. The van der Waals surface area contributed by atoms with Gasteiger partial charge >= 0.3 is 0 Å². The SMILES string of the molecule is COCc1ncccc1CN(CCn1cc(C)c2occc2c1=O)Cc1ccc2c(c1)N(CC(C)C)C(=O)C(C)(C)C(=O)N2. The van der Waals surface area contributed by atoms with Crippen molar-refractivity contribution in [3.8, 4) is 0 Å². The van der Waals surface area contributed by atoms with Gasteiger partial charge in [-0.2, -0.15) is 0 Å². The highest BCUT2D eigenvalue weighted by Crippen LogP contribution is 2.37. The Hall–Kier alpha value is -4.28. The molecule has 0 radical (unpaired) electrons. The highest BCUT2D eigenvalue weighted by atomic mass is 16.5. The molecule has 0 atom stereocenters. The van der Waals surface area contributed by atoms with Crippen LogP contribution in [0.2, 0.25) is 0 Å². The molecule has 4 heterocycles. The minimum absolute atomic E-state index is 0.0908. The average Bonchev–Trinajstić information content (AvgIpc) is 3.47. The Morgan fingerprint density at radius 1 is 1.11 bits per heavy atom. The summed E-state index contributed by atoms with van der Waals surface area (Å²) in [6, 6.07) is 11.5. The predicted molar refractivity (Wildman–Crippen MR) is 170 cm³/mol. The van der Waals surface area contributed by atoms with Crippen LogP contribution in [-0.2, 0) is 40.6 Å². The molecule has 0 spiro atoms. The van der Waals surface area contributed by atoms with E-state index in [0.717, 1.165) is 22.4 Å². The van der Waals surface area contributed by atoms with E-state index in [4.69, 9.17) is 9.15 Å². The van der Waals surface area contributed by atoms with Gasteiger partial charge in [-0.15, -0.1) is 0 Å². The molecule has 44 heavy (non-hydrogen) atoms. The maximum atomic E-state index is 13.6. The molecule has 0 saturated carbocycles. The van der Waals surface area contributed by atoms with Crippen molar-refractivity contribution in [2.75, 3.05) is 30.4 Å². The van der Waals surface area contributed by atoms with Crippen molar-refractivity contribution in [3.63, 3.8) is 0 Å². The number of furan rings is 1. The number of rotatable bonds is 11. The van der Waals surface area contributed by atoms with Crippen molar-refractivity contribution < 1.29 is 18.7 Å². The lowest BCUT2D eigenvalue weighted by molar-refractivity contribution is -0.136. The molecule has 0 aliphatic carbocycles. The third-order valence-corrected chi connectivity index (χ3v) is 8.08. The van der Waals surface area contributed by atoms with Gasteiger partial charge in [0, 0.05) is 57.8 Å². The number of anilines is 2. The fraction of sp³-hybridized carbons (Fsp3) is 0.412. The van der Waals surface area contributed by atoms with Crippen LogP contribution >= 0.6 is 0 Å². The van der Waals surface area contributed by atoms with Crippen LogP contribution in [-0.4, -0.2) is 46.5 Å². The number of aromatic nitrogens is 2. The van der Waals surface area contributed by atoms with Gasteiger partial charge in [0.05, 0.1) is 35.3 Å². The minimum Gasteiger partial charge on any atom is -0.464 e. The fourth-order valence-corrected chi connectivity index (χ4v) is 5.67. The molecule has 1 aliphatic rings. The normalized spacial score (nSPS) is 14.8. The summed E-state index contributed by atoms with van der Waals surface area (Å²) in [6.07, 6.45) is 5.15. The zero-order chi connectivity index (χ0) is 31.6. The molecule has 10 nitrogen and oxygen atoms in total. The second kappa shape index (κ2) is 12.8. The first kappa shape index (κ1) is 31.2. The number of benzene rings is 1. The van der Waals surface area contributed by atoms with E-state index >= 15 is 0 Å². The lowest BCUT2D eigenvalue weighted by Gasteiger charge is -2.30. The van der Waals surface area contributed by atoms with Crippen LogP contribution in [0.15, 0.2) is 64.3 Å². The fourth-order valence-electron chi connectivity index (χ4n) is 5.67. The van der Waals surface area contributed by atoms with E-state index in [1.807, 2.05) is 43.5 Å². The number of methoxy groups -OCH3 is 1. The molecule has 232 valence electrons. The van der Waals surface area contributed by atoms with Crippen molar-refractivity contribution in [2.24, 2.45) is 11.3 Å². The lowest BCUT2D eigenvalue weighted by atomic mass is 9.90. The molecule has 0 unspecified atom stereocenters. The second-order valence-electron chi connectivity index (χ2n) is 12.5. The van der Waals surface area contributed by atoms with Crippen LogP contribution in [0, 0.1) is 18.3 Å². The summed E-state index contributed by atoms with van der Waals surface area (Å²) in [4.78, 5) is 48.4. The molecule has 0 saturated heterocycles. The second-order valence-corrected chi connectivity index (χ2v) is 12.5. The zero-order valence-corrected chi connectivity index (χ0v) is 26.3. The highest BCUT2D eigenvalue weighted by Gasteiger charge is 2.43. The van der Waals surface area contributed by atoms with Gasteiger partial charge in [-0.3, -0.25) is 24.3 Å². The molecule has 1 N–H and O–H groups in total. The molecule has 10 heteroatoms. The summed E-state index contributed by atoms with van der Waals surface area (Å²) < 4.78 is 12.7. The van der Waals surface area contributed by atoms with Gasteiger partial charge in [0.2, 0.25) is 11.8 Å². The number of fused-ring (bicyclic) bond motifs is 2. The van der Waals surface area contributed by atoms with Crippen molar-refractivity contribution in [1.29, 1.82) is 0 Å². The largest absolute Gasteiger partial charge is 0.464 e. The molecule has 4 aromatic rings. The quantitative estimate of drug-likeness (QED) is 0.239. The van der Waals surface area contributed by atoms with E-state index in [-0.39, 0.29) is 23.3 Å². The average molecular weight is 600 g/mol. The first-order valence-corrected chi connectivity index (χ1v) is 15.0. The number of carbonyl (C=O) groups excluding carboxylic acids is 2. The Morgan fingerprint density at radius 2 is 1.91 bits per heavy atom. The molecule has 2 amide bonds. The van der Waals surface area contributed by atoms with Crippen LogP contribution in [0.25, 0.3) is 11.0 Å². The first-order chi connectivity index (χ1) is 21.0. The Kier molecular flexibility index (Phi) is 9.03. The molecular formula is C34H41N5O5. The van der Waals surface area contributed by atoms with Crippen LogP contribution in [0.5, 0.6) is 0 Å². The monoisotopic (exact) mass is 599 g/mol. The van der Waals surface area contributed by atoms with Gasteiger partial charge in [-0.1, -0.05) is 26.0 Å². The smallest absolute Gasteiger partial charge is 0.261 e. The van der Waals surface area contributed by atoms with E-state index in [2.05, 4.69) is 29.0 Å². The Labute approximate surface area is 257 Å². The highest BCUT2D eigenvalue weighted by molar-refractivity contribution is 6.19. The predicted octanol–water partition coefficient (Wildman–Crippen LogP) is 5.11.